The summed E-state index contributed by atoms with van der Waals surface area (Å²) in [5.41, 5.74) is 0. The Morgan fingerprint density at radius 2 is 0.574 bits per heavy atom. The molecule has 1 unspecified atom stereocenters. The van der Waals surface area contributed by atoms with E-state index in [1.165, 1.54) is 199 Å². The predicted octanol–water partition coefficient (Wildman–Crippen LogP) is 19.8. The minimum absolute atomic E-state index is 0.0974. The maximum Gasteiger partial charge on any atom is 0.306 e. The number of ether oxygens (including phenoxy) is 3. The first-order valence-corrected chi connectivity index (χ1v) is 29.6. The van der Waals surface area contributed by atoms with Crippen molar-refractivity contribution in [3.8, 4) is 0 Å². The highest BCUT2D eigenvalue weighted by Gasteiger charge is 2.19. The summed E-state index contributed by atoms with van der Waals surface area (Å²) in [7, 11) is 0. The highest BCUT2D eigenvalue weighted by Crippen LogP contribution is 2.17. The van der Waals surface area contributed by atoms with Crippen molar-refractivity contribution in [1.82, 2.24) is 0 Å². The summed E-state index contributed by atoms with van der Waals surface area (Å²) in [6.07, 6.45) is 70.0. The van der Waals surface area contributed by atoms with Crippen molar-refractivity contribution in [3.63, 3.8) is 0 Å². The van der Waals surface area contributed by atoms with E-state index in [1.807, 2.05) is 6.08 Å². The monoisotopic (exact) mass is 953 g/mol. The number of hydrogen-bond donors (Lipinski definition) is 0. The number of esters is 3. The smallest absolute Gasteiger partial charge is 0.306 e. The van der Waals surface area contributed by atoms with Crippen LogP contribution in [0, 0.1) is 0 Å². The van der Waals surface area contributed by atoms with E-state index >= 15 is 0 Å². The molecule has 1 atom stereocenters. The molecular weight excluding hydrogens is 841 g/mol. The zero-order valence-electron chi connectivity index (χ0n) is 45.4. The number of carbonyl (C=O) groups excluding carboxylic acids is 3. The molecule has 0 aromatic heterocycles. The van der Waals surface area contributed by atoms with Crippen molar-refractivity contribution in [2.75, 3.05) is 13.2 Å². The van der Waals surface area contributed by atoms with Crippen LogP contribution in [0.15, 0.2) is 48.6 Å². The van der Waals surface area contributed by atoms with Crippen LogP contribution >= 0.6 is 0 Å². The van der Waals surface area contributed by atoms with Gasteiger partial charge in [0.15, 0.2) is 6.10 Å². The van der Waals surface area contributed by atoms with Crippen LogP contribution < -0.4 is 0 Å². The molecule has 0 spiro atoms. The van der Waals surface area contributed by atoms with Gasteiger partial charge in [0.05, 0.1) is 0 Å². The summed E-state index contributed by atoms with van der Waals surface area (Å²) in [4.78, 5) is 38.0. The summed E-state index contributed by atoms with van der Waals surface area (Å²) in [6.45, 7) is 6.50. The van der Waals surface area contributed by atoms with E-state index in [1.54, 1.807) is 0 Å². The molecule has 0 heterocycles. The molecule has 0 rings (SSSR count). The lowest BCUT2D eigenvalue weighted by Gasteiger charge is -2.18. The molecule has 0 saturated heterocycles. The second kappa shape index (κ2) is 57.0. The summed E-state index contributed by atoms with van der Waals surface area (Å²) in [6, 6.07) is 0. The molecule has 68 heavy (non-hydrogen) atoms. The molecule has 0 fully saturated rings. The van der Waals surface area contributed by atoms with Crippen molar-refractivity contribution in [1.29, 1.82) is 0 Å². The minimum Gasteiger partial charge on any atom is -0.462 e. The topological polar surface area (TPSA) is 78.9 Å². The van der Waals surface area contributed by atoms with Crippen molar-refractivity contribution in [3.05, 3.63) is 48.6 Å². The SMILES string of the molecule is CC/C=C\C/C=C\C/C=C\C/C=C\CCC(=O)OC(COC(=O)CCCCCCCCCCCCCC)COC(=O)CCCCCCCCCCCCCCCCCCCCCCCCCCC. The van der Waals surface area contributed by atoms with Crippen LogP contribution in [0.5, 0.6) is 0 Å². The quantitative estimate of drug-likeness (QED) is 0.0262. The summed E-state index contributed by atoms with van der Waals surface area (Å²) < 4.78 is 16.8. The van der Waals surface area contributed by atoms with E-state index < -0.39 is 6.10 Å². The molecule has 6 heteroatoms. The van der Waals surface area contributed by atoms with E-state index in [-0.39, 0.29) is 37.5 Å². The van der Waals surface area contributed by atoms with Crippen LogP contribution in [-0.2, 0) is 28.6 Å². The Hall–Kier alpha value is -2.63. The number of unbranched alkanes of at least 4 members (excludes halogenated alkanes) is 35. The molecule has 0 saturated carbocycles. The zero-order valence-corrected chi connectivity index (χ0v) is 45.4. The Kier molecular flexibility index (Phi) is 54.8. The first-order valence-electron chi connectivity index (χ1n) is 29.6. The largest absolute Gasteiger partial charge is 0.462 e. The van der Waals surface area contributed by atoms with Gasteiger partial charge in [0.1, 0.15) is 13.2 Å². The average molecular weight is 954 g/mol. The van der Waals surface area contributed by atoms with Crippen LogP contribution in [0.4, 0.5) is 0 Å². The van der Waals surface area contributed by atoms with Crippen LogP contribution in [0.25, 0.3) is 0 Å². The third-order valence-electron chi connectivity index (χ3n) is 13.1. The lowest BCUT2D eigenvalue weighted by Crippen LogP contribution is -2.30. The number of allylic oxidation sites excluding steroid dienone is 8. The highest BCUT2D eigenvalue weighted by atomic mass is 16.6. The van der Waals surface area contributed by atoms with Gasteiger partial charge < -0.3 is 14.2 Å². The maximum atomic E-state index is 12.8. The lowest BCUT2D eigenvalue weighted by atomic mass is 10.0. The van der Waals surface area contributed by atoms with Crippen LogP contribution in [0.3, 0.4) is 0 Å². The average Bonchev–Trinajstić information content (AvgIpc) is 3.34. The Bertz CT molecular complexity index is 1190. The molecule has 0 radical (unpaired) electrons. The fourth-order valence-electron chi connectivity index (χ4n) is 8.69. The van der Waals surface area contributed by atoms with Gasteiger partial charge in [0, 0.05) is 19.3 Å². The minimum atomic E-state index is -0.807. The zero-order chi connectivity index (χ0) is 49.3. The van der Waals surface area contributed by atoms with E-state index in [0.29, 0.717) is 19.3 Å². The van der Waals surface area contributed by atoms with E-state index in [4.69, 9.17) is 14.2 Å². The van der Waals surface area contributed by atoms with Gasteiger partial charge in [-0.3, -0.25) is 14.4 Å². The molecule has 0 bridgehead atoms. The second-order valence-electron chi connectivity index (χ2n) is 19.9. The van der Waals surface area contributed by atoms with E-state index in [2.05, 4.69) is 63.3 Å². The summed E-state index contributed by atoms with van der Waals surface area (Å²) in [5.74, 6) is -0.965. The number of hydrogen-bond acceptors (Lipinski definition) is 6. The first-order chi connectivity index (χ1) is 33.5. The molecule has 0 amide bonds. The molecular formula is C62H112O6. The molecule has 396 valence electrons. The van der Waals surface area contributed by atoms with Crippen LogP contribution in [0.2, 0.25) is 0 Å². The Balaban J connectivity index is 4.22. The van der Waals surface area contributed by atoms with Gasteiger partial charge in [-0.15, -0.1) is 0 Å². The molecule has 0 aliphatic rings. The van der Waals surface area contributed by atoms with Gasteiger partial charge in [-0.25, -0.2) is 0 Å². The number of carbonyl (C=O) groups is 3. The van der Waals surface area contributed by atoms with Crippen LogP contribution in [0.1, 0.15) is 310 Å². The van der Waals surface area contributed by atoms with Crippen molar-refractivity contribution >= 4 is 17.9 Å². The van der Waals surface area contributed by atoms with Gasteiger partial charge in [-0.05, 0) is 44.9 Å². The van der Waals surface area contributed by atoms with Gasteiger partial charge >= 0.3 is 17.9 Å². The van der Waals surface area contributed by atoms with Gasteiger partial charge in [-0.1, -0.05) is 294 Å². The van der Waals surface area contributed by atoms with Crippen molar-refractivity contribution < 1.29 is 28.6 Å². The Morgan fingerprint density at radius 1 is 0.309 bits per heavy atom. The van der Waals surface area contributed by atoms with Crippen molar-refractivity contribution in [2.24, 2.45) is 0 Å². The van der Waals surface area contributed by atoms with E-state index in [0.717, 1.165) is 64.2 Å². The molecule has 0 N–H and O–H groups in total. The highest BCUT2D eigenvalue weighted by molar-refractivity contribution is 5.71. The first kappa shape index (κ1) is 65.4. The summed E-state index contributed by atoms with van der Waals surface area (Å²) in [5, 5.41) is 0. The van der Waals surface area contributed by atoms with Gasteiger partial charge in [-0.2, -0.15) is 0 Å². The molecule has 0 aromatic carbocycles. The second-order valence-corrected chi connectivity index (χ2v) is 19.9. The molecule has 6 nitrogen and oxygen atoms in total. The Morgan fingerprint density at radius 3 is 0.868 bits per heavy atom. The normalized spacial score (nSPS) is 12.3. The standard InChI is InChI=1S/C62H112O6/c1-4-7-10-13-16-19-22-25-26-27-28-29-30-31-32-33-34-35-36-38-40-43-46-49-52-55-61(64)67-58-59(57-66-60(63)54-51-48-45-42-39-24-21-18-15-12-9-6-3)68-62(65)56-53-50-47-44-41-37-23-20-17-14-11-8-5-2/h8,11,17,20,37,41,47,50,59H,4-7,9-10,12-16,18-19,21-36,38-40,42-46,48-49,51-58H2,1-3H3/b11-8-,20-17-,41-37-,50-47-. The third-order valence-corrected chi connectivity index (χ3v) is 13.1. The van der Waals surface area contributed by atoms with Crippen LogP contribution in [-0.4, -0.2) is 37.2 Å². The maximum absolute atomic E-state index is 12.8. The van der Waals surface area contributed by atoms with Crippen molar-refractivity contribution in [2.45, 2.75) is 316 Å². The van der Waals surface area contributed by atoms with E-state index in [9.17, 15) is 14.4 Å². The fourth-order valence-corrected chi connectivity index (χ4v) is 8.69. The molecule has 0 aromatic rings. The number of rotatable bonds is 54. The molecule has 0 aliphatic heterocycles. The van der Waals surface area contributed by atoms with Gasteiger partial charge in [0.2, 0.25) is 0 Å². The summed E-state index contributed by atoms with van der Waals surface area (Å²) >= 11 is 0. The van der Waals surface area contributed by atoms with Gasteiger partial charge in [0.25, 0.3) is 0 Å². The third kappa shape index (κ3) is 54.3. The fraction of sp³-hybridized carbons (Fsp3) is 0.823. The Labute approximate surface area is 422 Å². The predicted molar refractivity (Wildman–Crippen MR) is 293 cm³/mol. The molecule has 0 aliphatic carbocycles. The lowest BCUT2D eigenvalue weighted by molar-refractivity contribution is -0.166.